The molecule has 47 heavy (non-hydrogen) atoms. The van der Waals surface area contributed by atoms with Gasteiger partial charge in [-0.1, -0.05) is 133 Å². The largest absolute Gasteiger partial charge is 0.309 e. The first-order chi connectivity index (χ1) is 23.3. The highest BCUT2D eigenvalue weighted by Gasteiger charge is 2.23. The van der Waals surface area contributed by atoms with Crippen LogP contribution in [0.4, 0.5) is 0 Å². The molecule has 0 unspecified atom stereocenters. The lowest BCUT2D eigenvalue weighted by Gasteiger charge is -2.17. The van der Waals surface area contributed by atoms with E-state index in [1.807, 2.05) is 0 Å². The zero-order valence-corrected chi connectivity index (χ0v) is 25.9. The summed E-state index contributed by atoms with van der Waals surface area (Å²) in [5.41, 5.74) is 17.2. The molecule has 0 fully saturated rings. The van der Waals surface area contributed by atoms with Gasteiger partial charge in [-0.05, 0) is 99.5 Å². The summed E-state index contributed by atoms with van der Waals surface area (Å²) in [7, 11) is 0. The normalized spacial score (nSPS) is 11.7. The van der Waals surface area contributed by atoms with Gasteiger partial charge in [0.1, 0.15) is 0 Å². The third-order valence-electron chi connectivity index (χ3n) is 9.41. The van der Waals surface area contributed by atoms with Gasteiger partial charge >= 0.3 is 0 Å². The van der Waals surface area contributed by atoms with Gasteiger partial charge in [-0.2, -0.15) is 0 Å². The van der Waals surface area contributed by atoms with Crippen molar-refractivity contribution in [2.24, 2.45) is 0 Å². The van der Waals surface area contributed by atoms with Crippen LogP contribution in [0.2, 0.25) is 0 Å². The quantitative estimate of drug-likeness (QED) is 0.180. The molecule has 0 amide bonds. The molecular weight excluding hydrogens is 569 g/mol. The number of rotatable bonds is 6. The summed E-state index contributed by atoms with van der Waals surface area (Å²) in [6.45, 7) is 0. The van der Waals surface area contributed by atoms with Crippen LogP contribution in [-0.4, -0.2) is 9.13 Å². The summed E-state index contributed by atoms with van der Waals surface area (Å²) < 4.78 is 4.83. The second-order valence-electron chi connectivity index (χ2n) is 12.2. The Morgan fingerprint density at radius 2 is 0.596 bits per heavy atom. The minimum absolute atomic E-state index is 0.941. The Morgan fingerprint density at radius 1 is 0.298 bits per heavy atom. The molecule has 0 saturated heterocycles. The number of hydrogen-bond acceptors (Lipinski definition) is 0. The van der Waals surface area contributed by atoms with Crippen molar-refractivity contribution >= 4 is 0 Å². The Morgan fingerprint density at radius 3 is 0.894 bits per heavy atom. The van der Waals surface area contributed by atoms with Crippen molar-refractivity contribution in [3.63, 3.8) is 0 Å². The molecular formula is C45H32N2. The second kappa shape index (κ2) is 11.3. The summed E-state index contributed by atoms with van der Waals surface area (Å²) in [4.78, 5) is 0. The van der Waals surface area contributed by atoms with E-state index in [4.69, 9.17) is 0 Å². The molecule has 222 valence electrons. The van der Waals surface area contributed by atoms with E-state index in [2.05, 4.69) is 191 Å². The van der Waals surface area contributed by atoms with Gasteiger partial charge in [-0.15, -0.1) is 0 Å². The maximum Gasteiger partial charge on any atom is 0.0535 e. The van der Waals surface area contributed by atoms with Crippen molar-refractivity contribution in [1.29, 1.82) is 0 Å². The Labute approximate surface area is 275 Å². The van der Waals surface area contributed by atoms with E-state index in [9.17, 15) is 0 Å². The van der Waals surface area contributed by atoms with Crippen molar-refractivity contribution < 1.29 is 0 Å². The van der Waals surface area contributed by atoms with Crippen molar-refractivity contribution in [3.8, 4) is 67.5 Å². The topological polar surface area (TPSA) is 9.86 Å². The summed E-state index contributed by atoms with van der Waals surface area (Å²) >= 11 is 0. The van der Waals surface area contributed by atoms with Gasteiger partial charge < -0.3 is 9.13 Å². The standard InChI is InChI=1S/C45H32N2/c1-5-13-32(14-6-1)42-25-26-43(33-15-7-2-8-16-33)46(42)38-23-21-36-29-37-22-24-39(31-41(37)40(36)30-38)47-44(34-17-9-3-10-18-34)27-28-45(47)35-19-11-4-12-20-35/h1-28,30-31H,29H2. The monoisotopic (exact) mass is 600 g/mol. The molecule has 0 saturated carbocycles. The van der Waals surface area contributed by atoms with E-state index in [0.717, 1.165) is 6.42 Å². The molecule has 0 aliphatic heterocycles. The van der Waals surface area contributed by atoms with Crippen LogP contribution in [0.1, 0.15) is 11.1 Å². The fourth-order valence-corrected chi connectivity index (χ4v) is 7.19. The Balaban J connectivity index is 1.21. The number of hydrogen-bond donors (Lipinski definition) is 0. The van der Waals surface area contributed by atoms with Gasteiger partial charge in [0.2, 0.25) is 0 Å². The molecule has 1 aliphatic rings. The maximum absolute atomic E-state index is 2.42. The van der Waals surface area contributed by atoms with E-state index >= 15 is 0 Å². The van der Waals surface area contributed by atoms with Crippen LogP contribution in [-0.2, 0) is 6.42 Å². The van der Waals surface area contributed by atoms with Crippen molar-refractivity contribution in [2.75, 3.05) is 0 Å². The first kappa shape index (κ1) is 27.2. The van der Waals surface area contributed by atoms with Gasteiger partial charge in [0.05, 0.1) is 22.8 Å². The molecule has 8 aromatic rings. The van der Waals surface area contributed by atoms with Gasteiger partial charge in [0.25, 0.3) is 0 Å². The Kier molecular flexibility index (Phi) is 6.57. The summed E-state index contributed by atoms with van der Waals surface area (Å²) in [5, 5.41) is 0. The highest BCUT2D eigenvalue weighted by molar-refractivity contribution is 5.83. The average Bonchev–Trinajstić information content (AvgIpc) is 3.88. The van der Waals surface area contributed by atoms with Crippen LogP contribution in [0.3, 0.4) is 0 Å². The third-order valence-corrected chi connectivity index (χ3v) is 9.41. The molecule has 1 aliphatic carbocycles. The fraction of sp³-hybridized carbons (Fsp3) is 0.0222. The van der Waals surface area contributed by atoms with Gasteiger partial charge in [-0.25, -0.2) is 0 Å². The van der Waals surface area contributed by atoms with E-state index in [1.54, 1.807) is 0 Å². The van der Waals surface area contributed by atoms with Crippen LogP contribution >= 0.6 is 0 Å². The van der Waals surface area contributed by atoms with Crippen LogP contribution < -0.4 is 0 Å². The zero-order chi connectivity index (χ0) is 31.2. The lowest BCUT2D eigenvalue weighted by Crippen LogP contribution is -2.01. The van der Waals surface area contributed by atoms with E-state index in [1.165, 1.54) is 78.7 Å². The number of nitrogens with zero attached hydrogens (tertiary/aromatic N) is 2. The molecule has 2 heteroatoms. The molecule has 0 bridgehead atoms. The maximum atomic E-state index is 2.42. The predicted molar refractivity (Wildman–Crippen MR) is 195 cm³/mol. The van der Waals surface area contributed by atoms with E-state index < -0.39 is 0 Å². The SMILES string of the molecule is c1ccc(-c2ccc(-c3ccccc3)n2-c2ccc3c(c2)-c2cc(-n4c(-c5ccccc5)ccc4-c4ccccc4)ccc2C3)cc1. The summed E-state index contributed by atoms with van der Waals surface area (Å²) in [6, 6.07) is 65.8. The molecule has 2 heterocycles. The molecule has 0 spiro atoms. The van der Waals surface area contributed by atoms with Crippen LogP contribution in [0.25, 0.3) is 67.5 Å². The van der Waals surface area contributed by atoms with Crippen LogP contribution in [0, 0.1) is 0 Å². The smallest absolute Gasteiger partial charge is 0.0535 e. The summed E-state index contributed by atoms with van der Waals surface area (Å²) in [5.74, 6) is 0. The molecule has 0 N–H and O–H groups in total. The third kappa shape index (κ3) is 4.74. The van der Waals surface area contributed by atoms with Gasteiger partial charge in [0, 0.05) is 11.4 Å². The van der Waals surface area contributed by atoms with Gasteiger partial charge in [-0.3, -0.25) is 0 Å². The minimum atomic E-state index is 0.941. The lowest BCUT2D eigenvalue weighted by atomic mass is 10.0. The summed E-state index contributed by atoms with van der Waals surface area (Å²) in [6.07, 6.45) is 0.941. The molecule has 9 rings (SSSR count). The predicted octanol–water partition coefficient (Wildman–Crippen LogP) is 11.5. The first-order valence-corrected chi connectivity index (χ1v) is 16.2. The van der Waals surface area contributed by atoms with Crippen molar-refractivity contribution in [2.45, 2.75) is 6.42 Å². The lowest BCUT2D eigenvalue weighted by molar-refractivity contribution is 1.09. The molecule has 0 atom stereocenters. The number of benzene rings is 6. The molecule has 6 aromatic carbocycles. The average molecular weight is 601 g/mol. The zero-order valence-electron chi connectivity index (χ0n) is 25.9. The Hall–Kier alpha value is -6.12. The molecule has 2 nitrogen and oxygen atoms in total. The Bertz CT molecular complexity index is 2060. The van der Waals surface area contributed by atoms with Crippen LogP contribution in [0.5, 0.6) is 0 Å². The number of fused-ring (bicyclic) bond motifs is 3. The van der Waals surface area contributed by atoms with E-state index in [0.29, 0.717) is 0 Å². The van der Waals surface area contributed by atoms with Crippen molar-refractivity contribution in [3.05, 3.63) is 193 Å². The highest BCUT2D eigenvalue weighted by atomic mass is 15.0. The van der Waals surface area contributed by atoms with Crippen LogP contribution in [0.15, 0.2) is 182 Å². The van der Waals surface area contributed by atoms with E-state index in [-0.39, 0.29) is 0 Å². The molecule has 0 radical (unpaired) electrons. The van der Waals surface area contributed by atoms with Crippen molar-refractivity contribution in [1.82, 2.24) is 9.13 Å². The minimum Gasteiger partial charge on any atom is -0.309 e. The number of aromatic nitrogens is 2. The molecule has 2 aromatic heterocycles. The fourth-order valence-electron chi connectivity index (χ4n) is 7.19. The van der Waals surface area contributed by atoms with Gasteiger partial charge in [0.15, 0.2) is 0 Å². The first-order valence-electron chi connectivity index (χ1n) is 16.2. The second-order valence-corrected chi connectivity index (χ2v) is 12.2. The highest BCUT2D eigenvalue weighted by Crippen LogP contribution is 2.42.